The van der Waals surface area contributed by atoms with Crippen molar-refractivity contribution in [3.05, 3.63) is 59.7 Å². The van der Waals surface area contributed by atoms with Crippen LogP contribution in [0.1, 0.15) is 42.6 Å². The van der Waals surface area contributed by atoms with Crippen LogP contribution in [-0.4, -0.2) is 44.6 Å². The van der Waals surface area contributed by atoms with E-state index in [0.29, 0.717) is 12.1 Å². The van der Waals surface area contributed by atoms with E-state index in [2.05, 4.69) is 15.5 Å². The number of rotatable bonds is 8. The van der Waals surface area contributed by atoms with Crippen molar-refractivity contribution in [2.75, 3.05) is 31.6 Å². The molecule has 2 amide bonds. The van der Waals surface area contributed by atoms with E-state index in [1.165, 1.54) is 0 Å². The lowest BCUT2D eigenvalue weighted by atomic mass is 10.0. The highest BCUT2D eigenvalue weighted by molar-refractivity contribution is 5.99. The van der Waals surface area contributed by atoms with Gasteiger partial charge in [0.25, 0.3) is 5.91 Å². The monoisotopic (exact) mass is 423 g/mol. The van der Waals surface area contributed by atoms with Crippen LogP contribution in [-0.2, 0) is 11.2 Å². The van der Waals surface area contributed by atoms with Crippen LogP contribution in [0.3, 0.4) is 0 Å². The van der Waals surface area contributed by atoms with E-state index in [4.69, 9.17) is 4.74 Å². The van der Waals surface area contributed by atoms with Gasteiger partial charge in [0.15, 0.2) is 0 Å². The van der Waals surface area contributed by atoms with Crippen LogP contribution in [0.25, 0.3) is 0 Å². The Morgan fingerprint density at radius 1 is 1.06 bits per heavy atom. The number of hydrogen-bond donors (Lipinski definition) is 2. The zero-order chi connectivity index (χ0) is 22.2. The molecule has 0 saturated carbocycles. The summed E-state index contributed by atoms with van der Waals surface area (Å²) in [5, 5.41) is 6.17. The average molecular weight is 424 g/mol. The first-order chi connectivity index (χ1) is 15.0. The Morgan fingerprint density at radius 2 is 1.74 bits per heavy atom. The van der Waals surface area contributed by atoms with Crippen molar-refractivity contribution < 1.29 is 14.3 Å². The second kappa shape index (κ2) is 10.8. The first kappa shape index (κ1) is 22.7. The standard InChI is InChI=1S/C25H33N3O3/c1-18(2)24(29)27-20-13-16-28(17-14-20)23-7-5-4-6-22(23)25(30)26-15-12-19-8-10-21(31-3)11-9-19/h4-11,18,20H,12-17H2,1-3H3,(H,26,30)(H,27,29). The molecule has 1 fully saturated rings. The number of amides is 2. The van der Waals surface area contributed by atoms with Crippen LogP contribution in [0.5, 0.6) is 5.75 Å². The van der Waals surface area contributed by atoms with Gasteiger partial charge in [0.2, 0.25) is 5.91 Å². The fourth-order valence-corrected chi connectivity index (χ4v) is 3.78. The number of hydrogen-bond acceptors (Lipinski definition) is 4. The first-order valence-electron chi connectivity index (χ1n) is 11.0. The summed E-state index contributed by atoms with van der Waals surface area (Å²) < 4.78 is 5.18. The number of nitrogens with one attached hydrogen (secondary N) is 2. The summed E-state index contributed by atoms with van der Waals surface area (Å²) in [5.74, 6) is 0.879. The SMILES string of the molecule is COc1ccc(CCNC(=O)c2ccccc2N2CCC(NC(=O)C(C)C)CC2)cc1. The van der Waals surface area contributed by atoms with Crippen molar-refractivity contribution in [2.24, 2.45) is 5.92 Å². The van der Waals surface area contributed by atoms with E-state index in [9.17, 15) is 9.59 Å². The topological polar surface area (TPSA) is 70.7 Å². The third-order valence-corrected chi connectivity index (χ3v) is 5.71. The van der Waals surface area contributed by atoms with Crippen molar-refractivity contribution in [2.45, 2.75) is 39.2 Å². The number of ether oxygens (including phenoxy) is 1. The Labute approximate surface area is 185 Å². The third kappa shape index (κ3) is 6.23. The lowest BCUT2D eigenvalue weighted by Crippen LogP contribution is -2.46. The second-order valence-electron chi connectivity index (χ2n) is 8.30. The Balaban J connectivity index is 1.54. The molecule has 0 atom stereocenters. The maximum atomic E-state index is 12.9. The minimum atomic E-state index is -0.0562. The molecule has 0 unspecified atom stereocenters. The molecule has 2 aromatic rings. The van der Waals surface area contributed by atoms with Gasteiger partial charge >= 0.3 is 0 Å². The minimum Gasteiger partial charge on any atom is -0.497 e. The molecule has 0 aromatic heterocycles. The molecule has 1 saturated heterocycles. The van der Waals surface area contributed by atoms with E-state index in [1.54, 1.807) is 7.11 Å². The smallest absolute Gasteiger partial charge is 0.253 e. The van der Waals surface area contributed by atoms with Crippen molar-refractivity contribution in [1.82, 2.24) is 10.6 Å². The zero-order valence-corrected chi connectivity index (χ0v) is 18.7. The highest BCUT2D eigenvalue weighted by atomic mass is 16.5. The average Bonchev–Trinajstić information content (AvgIpc) is 2.80. The summed E-state index contributed by atoms with van der Waals surface area (Å²) >= 11 is 0. The van der Waals surface area contributed by atoms with E-state index >= 15 is 0 Å². The van der Waals surface area contributed by atoms with Crippen LogP contribution in [0.2, 0.25) is 0 Å². The minimum absolute atomic E-state index is 0.000339. The van der Waals surface area contributed by atoms with Gasteiger partial charge in [-0.25, -0.2) is 0 Å². The molecule has 3 rings (SSSR count). The summed E-state index contributed by atoms with van der Waals surface area (Å²) in [6.45, 7) is 6.03. The van der Waals surface area contributed by atoms with Gasteiger partial charge in [0, 0.05) is 37.3 Å². The molecule has 2 N–H and O–H groups in total. The third-order valence-electron chi connectivity index (χ3n) is 5.71. The van der Waals surface area contributed by atoms with Gasteiger partial charge in [0.05, 0.1) is 12.7 Å². The molecule has 31 heavy (non-hydrogen) atoms. The molecule has 0 radical (unpaired) electrons. The molecular weight excluding hydrogens is 390 g/mol. The number of piperidine rings is 1. The summed E-state index contributed by atoms with van der Waals surface area (Å²) in [5.41, 5.74) is 2.81. The van der Waals surface area contributed by atoms with Gasteiger partial charge in [0.1, 0.15) is 5.75 Å². The second-order valence-corrected chi connectivity index (χ2v) is 8.30. The van der Waals surface area contributed by atoms with Gasteiger partial charge in [-0.1, -0.05) is 38.1 Å². The Bertz CT molecular complexity index is 872. The highest BCUT2D eigenvalue weighted by Gasteiger charge is 2.24. The molecule has 1 heterocycles. The number of carbonyl (C=O) groups excluding carboxylic acids is 2. The van der Waals surface area contributed by atoms with Crippen LogP contribution in [0.15, 0.2) is 48.5 Å². The largest absolute Gasteiger partial charge is 0.497 e. The molecule has 1 aliphatic rings. The summed E-state index contributed by atoms with van der Waals surface area (Å²) in [7, 11) is 1.65. The Morgan fingerprint density at radius 3 is 2.39 bits per heavy atom. The van der Waals surface area contributed by atoms with Crippen molar-refractivity contribution in [1.29, 1.82) is 0 Å². The molecule has 0 bridgehead atoms. The number of anilines is 1. The molecule has 6 nitrogen and oxygen atoms in total. The van der Waals surface area contributed by atoms with Crippen molar-refractivity contribution in [3.8, 4) is 5.75 Å². The summed E-state index contributed by atoms with van der Waals surface area (Å²) in [4.78, 5) is 27.1. The van der Waals surface area contributed by atoms with Crippen LogP contribution in [0, 0.1) is 5.92 Å². The number of para-hydroxylation sites is 1. The highest BCUT2D eigenvalue weighted by Crippen LogP contribution is 2.24. The molecular formula is C25H33N3O3. The lowest BCUT2D eigenvalue weighted by Gasteiger charge is -2.35. The summed E-state index contributed by atoms with van der Waals surface area (Å²) in [6, 6.07) is 15.8. The predicted octanol–water partition coefficient (Wildman–Crippen LogP) is 3.41. The van der Waals surface area contributed by atoms with Gasteiger partial charge in [-0.2, -0.15) is 0 Å². The normalized spacial score (nSPS) is 14.4. The van der Waals surface area contributed by atoms with Crippen LogP contribution >= 0.6 is 0 Å². The Hall–Kier alpha value is -3.02. The predicted molar refractivity (Wildman–Crippen MR) is 124 cm³/mol. The quantitative estimate of drug-likeness (QED) is 0.683. The molecule has 0 spiro atoms. The maximum absolute atomic E-state index is 12.9. The molecule has 6 heteroatoms. The number of methoxy groups -OCH3 is 1. The number of benzene rings is 2. The fourth-order valence-electron chi connectivity index (χ4n) is 3.78. The number of carbonyl (C=O) groups is 2. The van der Waals surface area contributed by atoms with Gasteiger partial charge in [-0.3, -0.25) is 9.59 Å². The van der Waals surface area contributed by atoms with Gasteiger partial charge in [-0.05, 0) is 49.1 Å². The maximum Gasteiger partial charge on any atom is 0.253 e. The fraction of sp³-hybridized carbons (Fsp3) is 0.440. The molecule has 1 aliphatic heterocycles. The van der Waals surface area contributed by atoms with E-state index < -0.39 is 0 Å². The van der Waals surface area contributed by atoms with Crippen molar-refractivity contribution in [3.63, 3.8) is 0 Å². The van der Waals surface area contributed by atoms with Crippen LogP contribution in [0.4, 0.5) is 5.69 Å². The zero-order valence-electron chi connectivity index (χ0n) is 18.7. The first-order valence-corrected chi connectivity index (χ1v) is 11.0. The molecule has 2 aromatic carbocycles. The van der Waals surface area contributed by atoms with Gasteiger partial charge in [-0.15, -0.1) is 0 Å². The number of nitrogens with zero attached hydrogens (tertiary/aromatic N) is 1. The lowest BCUT2D eigenvalue weighted by molar-refractivity contribution is -0.124. The van der Waals surface area contributed by atoms with Crippen LogP contribution < -0.4 is 20.3 Å². The molecule has 166 valence electrons. The Kier molecular flexibility index (Phi) is 7.93. The van der Waals surface area contributed by atoms with E-state index in [-0.39, 0.29) is 23.8 Å². The van der Waals surface area contributed by atoms with E-state index in [0.717, 1.165) is 49.4 Å². The van der Waals surface area contributed by atoms with Gasteiger partial charge < -0.3 is 20.3 Å². The van der Waals surface area contributed by atoms with E-state index in [1.807, 2.05) is 62.4 Å². The molecule has 0 aliphatic carbocycles. The van der Waals surface area contributed by atoms with Crippen molar-refractivity contribution >= 4 is 17.5 Å². The summed E-state index contributed by atoms with van der Waals surface area (Å²) in [6.07, 6.45) is 2.52.